The van der Waals surface area contributed by atoms with Gasteiger partial charge in [0.1, 0.15) is 0 Å². The van der Waals surface area contributed by atoms with Crippen LogP contribution in [0, 0.1) is 12.8 Å². The first-order valence-electron chi connectivity index (χ1n) is 6.82. The highest BCUT2D eigenvalue weighted by atomic mass is 16.3. The molecule has 0 bridgehead atoms. The third kappa shape index (κ3) is 3.56. The second kappa shape index (κ2) is 5.67. The van der Waals surface area contributed by atoms with E-state index in [0.717, 1.165) is 30.1 Å². The molecule has 1 aromatic heterocycles. The summed E-state index contributed by atoms with van der Waals surface area (Å²) in [6.07, 6.45) is 8.19. The lowest BCUT2D eigenvalue weighted by Gasteiger charge is -2.13. The molecule has 2 rings (SSSR count). The predicted octanol–water partition coefficient (Wildman–Crippen LogP) is 2.60. The van der Waals surface area contributed by atoms with Gasteiger partial charge in [-0.2, -0.15) is 5.10 Å². The summed E-state index contributed by atoms with van der Waals surface area (Å²) in [6.45, 7) is 1.99. The fourth-order valence-corrected chi connectivity index (χ4v) is 2.93. The summed E-state index contributed by atoms with van der Waals surface area (Å²) in [6, 6.07) is 2.07. The molecule has 1 aliphatic carbocycles. The Morgan fingerprint density at radius 2 is 2.18 bits per heavy atom. The van der Waals surface area contributed by atoms with Crippen LogP contribution in [0.5, 0.6) is 0 Å². The molecule has 3 nitrogen and oxygen atoms in total. The number of aliphatic hydroxyl groups excluding tert-OH is 1. The highest BCUT2D eigenvalue weighted by molar-refractivity contribution is 5.09. The van der Waals surface area contributed by atoms with Crippen molar-refractivity contribution in [3.05, 3.63) is 17.5 Å². The summed E-state index contributed by atoms with van der Waals surface area (Å²) >= 11 is 0. The summed E-state index contributed by atoms with van der Waals surface area (Å²) < 4.78 is 1.88. The van der Waals surface area contributed by atoms with E-state index < -0.39 is 0 Å². The molecule has 1 saturated carbocycles. The zero-order chi connectivity index (χ0) is 12.3. The minimum atomic E-state index is -0.203. The zero-order valence-corrected chi connectivity index (χ0v) is 11.0. The number of aliphatic hydroxyl groups is 1. The standard InChI is InChI=1S/C14H24N2O/c1-11-9-13(16(2)15-11)10-14(17)8-7-12-5-3-4-6-12/h9,12,14,17H,3-8,10H2,1-2H3. The number of hydrogen-bond acceptors (Lipinski definition) is 2. The van der Waals surface area contributed by atoms with Crippen LogP contribution in [-0.4, -0.2) is 21.0 Å². The molecule has 1 atom stereocenters. The average Bonchev–Trinajstić information content (AvgIpc) is 2.87. The predicted molar refractivity (Wildman–Crippen MR) is 68.8 cm³/mol. The van der Waals surface area contributed by atoms with Crippen molar-refractivity contribution in [3.63, 3.8) is 0 Å². The van der Waals surface area contributed by atoms with Gasteiger partial charge >= 0.3 is 0 Å². The molecule has 1 fully saturated rings. The molecule has 1 N–H and O–H groups in total. The number of rotatable bonds is 5. The molecule has 0 saturated heterocycles. The fraction of sp³-hybridized carbons (Fsp3) is 0.786. The zero-order valence-electron chi connectivity index (χ0n) is 11.0. The SMILES string of the molecule is Cc1cc(CC(O)CCC2CCCC2)n(C)n1. The van der Waals surface area contributed by atoms with Crippen LogP contribution in [0.3, 0.4) is 0 Å². The first-order valence-corrected chi connectivity index (χ1v) is 6.82. The Balaban J connectivity index is 1.76. The average molecular weight is 236 g/mol. The molecule has 1 unspecified atom stereocenters. The number of aromatic nitrogens is 2. The van der Waals surface area contributed by atoms with Gasteiger partial charge in [0, 0.05) is 19.2 Å². The molecule has 0 amide bonds. The van der Waals surface area contributed by atoms with Crippen LogP contribution < -0.4 is 0 Å². The first-order chi connectivity index (χ1) is 8.15. The number of nitrogens with zero attached hydrogens (tertiary/aromatic N) is 2. The summed E-state index contributed by atoms with van der Waals surface area (Å²) in [7, 11) is 1.95. The molecule has 0 spiro atoms. The van der Waals surface area contributed by atoms with Crippen molar-refractivity contribution in [3.8, 4) is 0 Å². The van der Waals surface area contributed by atoms with E-state index in [1.165, 1.54) is 32.1 Å². The third-order valence-electron chi connectivity index (χ3n) is 3.93. The van der Waals surface area contributed by atoms with Crippen LogP contribution in [0.15, 0.2) is 6.07 Å². The minimum Gasteiger partial charge on any atom is -0.393 e. The highest BCUT2D eigenvalue weighted by Crippen LogP contribution is 2.29. The molecule has 0 aromatic carbocycles. The summed E-state index contributed by atoms with van der Waals surface area (Å²) in [4.78, 5) is 0. The Morgan fingerprint density at radius 1 is 1.47 bits per heavy atom. The van der Waals surface area contributed by atoms with Crippen molar-refractivity contribution in [2.24, 2.45) is 13.0 Å². The summed E-state index contributed by atoms with van der Waals surface area (Å²) in [5, 5.41) is 14.4. The van der Waals surface area contributed by atoms with Crippen LogP contribution in [0.4, 0.5) is 0 Å². The van der Waals surface area contributed by atoms with Crippen LogP contribution in [0.25, 0.3) is 0 Å². The summed E-state index contributed by atoms with van der Waals surface area (Å²) in [5.74, 6) is 0.873. The quantitative estimate of drug-likeness (QED) is 0.853. The number of hydrogen-bond donors (Lipinski definition) is 1. The molecule has 1 heterocycles. The van der Waals surface area contributed by atoms with Crippen LogP contribution in [0.2, 0.25) is 0 Å². The van der Waals surface area contributed by atoms with Gasteiger partial charge in [0.05, 0.1) is 11.8 Å². The molecule has 96 valence electrons. The van der Waals surface area contributed by atoms with Crippen LogP contribution in [-0.2, 0) is 13.5 Å². The monoisotopic (exact) mass is 236 g/mol. The van der Waals surface area contributed by atoms with Crippen molar-refractivity contribution < 1.29 is 5.11 Å². The third-order valence-corrected chi connectivity index (χ3v) is 3.93. The van der Waals surface area contributed by atoms with Crippen molar-refractivity contribution in [1.82, 2.24) is 9.78 Å². The Hall–Kier alpha value is -0.830. The molecule has 17 heavy (non-hydrogen) atoms. The Labute approximate surface area is 104 Å². The van der Waals surface area contributed by atoms with Gasteiger partial charge in [-0.05, 0) is 31.7 Å². The smallest absolute Gasteiger partial charge is 0.0596 e. The van der Waals surface area contributed by atoms with E-state index in [9.17, 15) is 5.11 Å². The van der Waals surface area contributed by atoms with Gasteiger partial charge in [0.2, 0.25) is 0 Å². The maximum absolute atomic E-state index is 10.1. The molecular weight excluding hydrogens is 212 g/mol. The van der Waals surface area contributed by atoms with Crippen molar-refractivity contribution in [2.75, 3.05) is 0 Å². The van der Waals surface area contributed by atoms with Crippen molar-refractivity contribution in [1.29, 1.82) is 0 Å². The summed E-state index contributed by atoms with van der Waals surface area (Å²) in [5.41, 5.74) is 2.17. The lowest BCUT2D eigenvalue weighted by Crippen LogP contribution is -2.14. The highest BCUT2D eigenvalue weighted by Gasteiger charge is 2.17. The molecule has 1 aliphatic rings. The first kappa shape index (κ1) is 12.6. The van der Waals surface area contributed by atoms with E-state index in [1.807, 2.05) is 18.7 Å². The van der Waals surface area contributed by atoms with Crippen molar-refractivity contribution >= 4 is 0 Å². The lowest BCUT2D eigenvalue weighted by molar-refractivity contribution is 0.152. The van der Waals surface area contributed by atoms with Crippen LogP contribution >= 0.6 is 0 Å². The lowest BCUT2D eigenvalue weighted by atomic mass is 9.98. The Bertz CT molecular complexity index is 353. The molecule has 3 heteroatoms. The molecule has 0 radical (unpaired) electrons. The van der Waals surface area contributed by atoms with Gasteiger partial charge in [-0.15, -0.1) is 0 Å². The van der Waals surface area contributed by atoms with E-state index in [-0.39, 0.29) is 6.10 Å². The van der Waals surface area contributed by atoms with E-state index in [4.69, 9.17) is 0 Å². The van der Waals surface area contributed by atoms with Gasteiger partial charge < -0.3 is 5.11 Å². The second-order valence-corrected chi connectivity index (χ2v) is 5.49. The van der Waals surface area contributed by atoms with Crippen molar-refractivity contribution in [2.45, 2.75) is 58.0 Å². The Morgan fingerprint density at radius 3 is 2.76 bits per heavy atom. The van der Waals surface area contributed by atoms with Gasteiger partial charge in [-0.3, -0.25) is 4.68 Å². The normalized spacial score (nSPS) is 18.8. The maximum Gasteiger partial charge on any atom is 0.0596 e. The van der Waals surface area contributed by atoms with E-state index in [2.05, 4.69) is 11.2 Å². The topological polar surface area (TPSA) is 38.0 Å². The molecule has 0 aliphatic heterocycles. The van der Waals surface area contributed by atoms with E-state index >= 15 is 0 Å². The second-order valence-electron chi connectivity index (χ2n) is 5.49. The van der Waals surface area contributed by atoms with E-state index in [1.54, 1.807) is 0 Å². The number of aryl methyl sites for hydroxylation is 2. The fourth-order valence-electron chi connectivity index (χ4n) is 2.93. The van der Waals surface area contributed by atoms with Gasteiger partial charge in [0.15, 0.2) is 0 Å². The van der Waals surface area contributed by atoms with Gasteiger partial charge in [-0.1, -0.05) is 25.7 Å². The van der Waals surface area contributed by atoms with E-state index in [0.29, 0.717) is 0 Å². The van der Waals surface area contributed by atoms with Gasteiger partial charge in [0.25, 0.3) is 0 Å². The van der Waals surface area contributed by atoms with Crippen LogP contribution in [0.1, 0.15) is 49.9 Å². The maximum atomic E-state index is 10.1. The largest absolute Gasteiger partial charge is 0.393 e. The van der Waals surface area contributed by atoms with Gasteiger partial charge in [-0.25, -0.2) is 0 Å². The molecular formula is C14H24N2O. The Kier molecular flexibility index (Phi) is 4.21. The minimum absolute atomic E-state index is 0.203. The molecule has 1 aromatic rings.